The Morgan fingerprint density at radius 1 is 1.47 bits per heavy atom. The molecule has 0 spiro atoms. The minimum absolute atomic E-state index is 0.233. The van der Waals surface area contributed by atoms with Crippen LogP contribution in [-0.4, -0.2) is 9.55 Å². The van der Waals surface area contributed by atoms with Crippen molar-refractivity contribution in [2.75, 3.05) is 0 Å². The third-order valence-corrected chi connectivity index (χ3v) is 3.42. The van der Waals surface area contributed by atoms with E-state index < -0.39 is 0 Å². The van der Waals surface area contributed by atoms with Crippen LogP contribution in [-0.2, 0) is 6.54 Å². The van der Waals surface area contributed by atoms with E-state index in [0.717, 1.165) is 28.5 Å². The van der Waals surface area contributed by atoms with Crippen molar-refractivity contribution in [2.24, 2.45) is 5.73 Å². The van der Waals surface area contributed by atoms with Gasteiger partial charge in [-0.05, 0) is 31.0 Å². The Morgan fingerprint density at radius 3 is 2.94 bits per heavy atom. The summed E-state index contributed by atoms with van der Waals surface area (Å²) in [7, 11) is 0. The minimum atomic E-state index is -0.233. The molecule has 2 rings (SSSR count). The number of hydrogen-bond donors (Lipinski definition) is 1. The summed E-state index contributed by atoms with van der Waals surface area (Å²) in [6.45, 7) is 4.92. The minimum Gasteiger partial charge on any atom is -0.334 e. The summed E-state index contributed by atoms with van der Waals surface area (Å²) in [5, 5.41) is 0.743. The van der Waals surface area contributed by atoms with Crippen LogP contribution < -0.4 is 5.73 Å². The predicted octanol–water partition coefficient (Wildman–Crippen LogP) is 2.91. The number of aryl methyl sites for hydroxylation is 1. The second kappa shape index (κ2) is 4.90. The number of aromatic nitrogens is 2. The average Bonchev–Trinajstić information content (AvgIpc) is 2.80. The molecule has 0 fully saturated rings. The molecule has 1 heterocycles. The molecule has 0 radical (unpaired) electrons. The number of nitrogens with zero attached hydrogens (tertiary/aromatic N) is 2. The average molecular weight is 250 g/mol. The third kappa shape index (κ3) is 2.21. The number of nitrogens with two attached hydrogens (primary N) is 1. The first-order valence-corrected chi connectivity index (χ1v) is 6.04. The molecule has 2 aromatic rings. The Balaban J connectivity index is 2.44. The van der Waals surface area contributed by atoms with Crippen molar-refractivity contribution in [3.05, 3.63) is 52.6 Å². The Kier molecular flexibility index (Phi) is 3.50. The van der Waals surface area contributed by atoms with Gasteiger partial charge in [-0.3, -0.25) is 0 Å². The highest BCUT2D eigenvalue weighted by Gasteiger charge is 2.16. The first kappa shape index (κ1) is 12.1. The summed E-state index contributed by atoms with van der Waals surface area (Å²) in [5.41, 5.74) is 8.31. The molecule has 17 heavy (non-hydrogen) atoms. The topological polar surface area (TPSA) is 43.8 Å². The molecule has 1 aromatic carbocycles. The first-order chi connectivity index (χ1) is 8.15. The summed E-state index contributed by atoms with van der Waals surface area (Å²) in [6, 6.07) is 5.56. The van der Waals surface area contributed by atoms with E-state index in [1.54, 1.807) is 6.20 Å². The summed E-state index contributed by atoms with van der Waals surface area (Å²) in [5.74, 6) is 0.873. The van der Waals surface area contributed by atoms with E-state index in [0.29, 0.717) is 0 Å². The third-order valence-electron chi connectivity index (χ3n) is 3.01. The molecule has 0 aliphatic rings. The van der Waals surface area contributed by atoms with Crippen molar-refractivity contribution in [1.82, 2.24) is 9.55 Å². The SMILES string of the molecule is CCn1ccnc1C(N)c1cccc(Cl)c1C. The Morgan fingerprint density at radius 2 is 2.24 bits per heavy atom. The lowest BCUT2D eigenvalue weighted by Crippen LogP contribution is -2.18. The molecular weight excluding hydrogens is 234 g/mol. The molecule has 0 aliphatic carbocycles. The fraction of sp³-hybridized carbons (Fsp3) is 0.308. The van der Waals surface area contributed by atoms with Crippen molar-refractivity contribution < 1.29 is 0 Å². The van der Waals surface area contributed by atoms with Gasteiger partial charge in [-0.1, -0.05) is 23.7 Å². The lowest BCUT2D eigenvalue weighted by Gasteiger charge is -2.16. The predicted molar refractivity (Wildman–Crippen MR) is 70.1 cm³/mol. The van der Waals surface area contributed by atoms with Crippen LogP contribution in [0.15, 0.2) is 30.6 Å². The molecule has 2 N–H and O–H groups in total. The van der Waals surface area contributed by atoms with E-state index in [1.807, 2.05) is 35.9 Å². The standard InChI is InChI=1S/C13H16ClN3/c1-3-17-8-7-16-13(17)12(15)10-5-4-6-11(14)9(10)2/h4-8,12H,3,15H2,1-2H3. The molecule has 1 unspecified atom stereocenters. The maximum absolute atomic E-state index is 6.26. The van der Waals surface area contributed by atoms with E-state index in [9.17, 15) is 0 Å². The summed E-state index contributed by atoms with van der Waals surface area (Å²) in [4.78, 5) is 4.33. The molecule has 1 aromatic heterocycles. The van der Waals surface area contributed by atoms with Crippen molar-refractivity contribution in [3.63, 3.8) is 0 Å². The Hall–Kier alpha value is -1.32. The van der Waals surface area contributed by atoms with Crippen LogP contribution in [0.5, 0.6) is 0 Å². The van der Waals surface area contributed by atoms with Gasteiger partial charge in [-0.15, -0.1) is 0 Å². The van der Waals surface area contributed by atoms with Gasteiger partial charge < -0.3 is 10.3 Å². The van der Waals surface area contributed by atoms with Gasteiger partial charge in [0.05, 0.1) is 6.04 Å². The Labute approximate surface area is 106 Å². The molecule has 1 atom stereocenters. The second-order valence-electron chi connectivity index (χ2n) is 4.00. The van der Waals surface area contributed by atoms with Gasteiger partial charge in [0.1, 0.15) is 5.82 Å². The molecule has 4 heteroatoms. The molecule has 3 nitrogen and oxygen atoms in total. The van der Waals surface area contributed by atoms with Gasteiger partial charge in [0.25, 0.3) is 0 Å². The monoisotopic (exact) mass is 249 g/mol. The van der Waals surface area contributed by atoms with Crippen LogP contribution in [0.25, 0.3) is 0 Å². The number of halogens is 1. The maximum atomic E-state index is 6.26. The highest BCUT2D eigenvalue weighted by atomic mass is 35.5. The molecular formula is C13H16ClN3. The normalized spacial score (nSPS) is 12.7. The van der Waals surface area contributed by atoms with E-state index in [1.165, 1.54) is 0 Å². The second-order valence-corrected chi connectivity index (χ2v) is 4.41. The van der Waals surface area contributed by atoms with Crippen LogP contribution in [0.3, 0.4) is 0 Å². The van der Waals surface area contributed by atoms with E-state index in [4.69, 9.17) is 17.3 Å². The fourth-order valence-electron chi connectivity index (χ4n) is 1.97. The van der Waals surface area contributed by atoms with Crippen LogP contribution in [0.2, 0.25) is 5.02 Å². The number of benzene rings is 1. The van der Waals surface area contributed by atoms with Crippen molar-refractivity contribution in [1.29, 1.82) is 0 Å². The summed E-state index contributed by atoms with van der Waals surface area (Å²) < 4.78 is 2.05. The lowest BCUT2D eigenvalue weighted by atomic mass is 10.0. The number of hydrogen-bond acceptors (Lipinski definition) is 2. The van der Waals surface area contributed by atoms with Crippen LogP contribution in [0, 0.1) is 6.92 Å². The largest absolute Gasteiger partial charge is 0.334 e. The highest BCUT2D eigenvalue weighted by Crippen LogP contribution is 2.26. The van der Waals surface area contributed by atoms with Gasteiger partial charge in [-0.2, -0.15) is 0 Å². The van der Waals surface area contributed by atoms with Crippen molar-refractivity contribution in [2.45, 2.75) is 26.4 Å². The number of imidazole rings is 1. The van der Waals surface area contributed by atoms with E-state index >= 15 is 0 Å². The quantitative estimate of drug-likeness (QED) is 0.909. The van der Waals surface area contributed by atoms with Gasteiger partial charge >= 0.3 is 0 Å². The molecule has 0 saturated heterocycles. The highest BCUT2D eigenvalue weighted by molar-refractivity contribution is 6.31. The summed E-state index contributed by atoms with van der Waals surface area (Å²) in [6.07, 6.45) is 3.72. The van der Waals surface area contributed by atoms with Crippen LogP contribution in [0.4, 0.5) is 0 Å². The van der Waals surface area contributed by atoms with Gasteiger partial charge in [0.15, 0.2) is 0 Å². The molecule has 0 saturated carbocycles. The zero-order chi connectivity index (χ0) is 12.4. The van der Waals surface area contributed by atoms with Gasteiger partial charge in [-0.25, -0.2) is 4.98 Å². The molecule has 0 amide bonds. The molecule has 0 bridgehead atoms. The zero-order valence-corrected chi connectivity index (χ0v) is 10.8. The molecule has 90 valence electrons. The molecule has 0 aliphatic heterocycles. The maximum Gasteiger partial charge on any atom is 0.130 e. The lowest BCUT2D eigenvalue weighted by molar-refractivity contribution is 0.655. The van der Waals surface area contributed by atoms with E-state index in [2.05, 4.69) is 11.9 Å². The van der Waals surface area contributed by atoms with Crippen molar-refractivity contribution >= 4 is 11.6 Å². The summed E-state index contributed by atoms with van der Waals surface area (Å²) >= 11 is 6.11. The number of rotatable bonds is 3. The smallest absolute Gasteiger partial charge is 0.130 e. The van der Waals surface area contributed by atoms with E-state index in [-0.39, 0.29) is 6.04 Å². The van der Waals surface area contributed by atoms with Gasteiger partial charge in [0, 0.05) is 24.0 Å². The Bertz CT molecular complexity index is 519. The van der Waals surface area contributed by atoms with Crippen molar-refractivity contribution in [3.8, 4) is 0 Å². The van der Waals surface area contributed by atoms with Gasteiger partial charge in [0.2, 0.25) is 0 Å². The van der Waals surface area contributed by atoms with Crippen LogP contribution in [0.1, 0.15) is 29.9 Å². The fourth-order valence-corrected chi connectivity index (χ4v) is 2.15. The zero-order valence-electron chi connectivity index (χ0n) is 10.0. The first-order valence-electron chi connectivity index (χ1n) is 5.66. The van der Waals surface area contributed by atoms with Crippen LogP contribution >= 0.6 is 11.6 Å².